The minimum atomic E-state index is -0.664. The highest BCUT2D eigenvalue weighted by atomic mass is 32.1. The van der Waals surface area contributed by atoms with Gasteiger partial charge in [0.2, 0.25) is 0 Å². The van der Waals surface area contributed by atoms with Crippen molar-refractivity contribution in [1.82, 2.24) is 0 Å². The van der Waals surface area contributed by atoms with Gasteiger partial charge in [-0.1, -0.05) is 42.5 Å². The molecule has 1 aromatic heterocycles. The van der Waals surface area contributed by atoms with Gasteiger partial charge in [-0.3, -0.25) is 4.79 Å². The van der Waals surface area contributed by atoms with E-state index in [4.69, 9.17) is 14.2 Å². The molecule has 0 unspecified atom stereocenters. The van der Waals surface area contributed by atoms with Gasteiger partial charge in [0.05, 0.1) is 13.7 Å². The van der Waals surface area contributed by atoms with Crippen LogP contribution in [0.2, 0.25) is 0 Å². The van der Waals surface area contributed by atoms with Crippen LogP contribution in [0.15, 0.2) is 66.1 Å². The van der Waals surface area contributed by atoms with Crippen LogP contribution in [0.3, 0.4) is 0 Å². The highest BCUT2D eigenvalue weighted by Gasteiger charge is 2.23. The molecule has 8 heteroatoms. The lowest BCUT2D eigenvalue weighted by Gasteiger charge is -2.09. The van der Waals surface area contributed by atoms with E-state index in [-0.39, 0.29) is 12.2 Å². The van der Waals surface area contributed by atoms with Crippen LogP contribution in [-0.4, -0.2) is 38.2 Å². The number of carbonyl (C=O) groups excluding carboxylic acids is 3. The molecule has 2 aromatic carbocycles. The average Bonchev–Trinajstić information content (AvgIpc) is 3.26. The van der Waals surface area contributed by atoms with Crippen molar-refractivity contribution in [1.29, 1.82) is 0 Å². The summed E-state index contributed by atoms with van der Waals surface area (Å²) >= 11 is 1.20. The molecule has 1 heterocycles. The van der Waals surface area contributed by atoms with Crippen molar-refractivity contribution in [2.75, 3.05) is 25.6 Å². The SMILES string of the molecule is CCOC(=O)c1c(-c2ccccc2)csc1NC(=O)COC(=O)/C=C/c1ccc(OC)cc1. The lowest BCUT2D eigenvalue weighted by Crippen LogP contribution is -2.21. The molecule has 0 bridgehead atoms. The van der Waals surface area contributed by atoms with Gasteiger partial charge in [0, 0.05) is 17.0 Å². The number of amides is 1. The maximum Gasteiger partial charge on any atom is 0.341 e. The topological polar surface area (TPSA) is 90.9 Å². The number of benzene rings is 2. The molecule has 0 atom stereocenters. The van der Waals surface area contributed by atoms with Crippen LogP contribution in [0, 0.1) is 0 Å². The Morgan fingerprint density at radius 2 is 1.73 bits per heavy atom. The minimum Gasteiger partial charge on any atom is -0.497 e. The first kappa shape index (κ1) is 23.7. The Balaban J connectivity index is 1.63. The quantitative estimate of drug-likeness (QED) is 0.361. The number of methoxy groups -OCH3 is 1. The van der Waals surface area contributed by atoms with Crippen molar-refractivity contribution in [3.63, 3.8) is 0 Å². The average molecular weight is 466 g/mol. The molecule has 7 nitrogen and oxygen atoms in total. The summed E-state index contributed by atoms with van der Waals surface area (Å²) in [6.07, 6.45) is 2.81. The van der Waals surface area contributed by atoms with Gasteiger partial charge >= 0.3 is 11.9 Å². The van der Waals surface area contributed by atoms with Gasteiger partial charge in [0.25, 0.3) is 5.91 Å². The second kappa shape index (κ2) is 11.6. The molecular formula is C25H23NO6S. The highest BCUT2D eigenvalue weighted by Crippen LogP contribution is 2.36. The number of hydrogen-bond donors (Lipinski definition) is 1. The van der Waals surface area contributed by atoms with Crippen LogP contribution >= 0.6 is 11.3 Å². The number of rotatable bonds is 9. The van der Waals surface area contributed by atoms with Crippen LogP contribution < -0.4 is 10.1 Å². The maximum absolute atomic E-state index is 12.6. The third-order valence-electron chi connectivity index (χ3n) is 4.48. The van der Waals surface area contributed by atoms with Crippen molar-refractivity contribution in [3.05, 3.63) is 77.2 Å². The van der Waals surface area contributed by atoms with Gasteiger partial charge in [-0.05, 0) is 36.3 Å². The number of thiophene rings is 1. The Morgan fingerprint density at radius 3 is 2.39 bits per heavy atom. The van der Waals surface area contributed by atoms with E-state index in [9.17, 15) is 14.4 Å². The van der Waals surface area contributed by atoms with Gasteiger partial charge in [0.15, 0.2) is 6.61 Å². The molecule has 3 aromatic rings. The molecule has 1 amide bonds. The summed E-state index contributed by atoms with van der Waals surface area (Å²) in [5, 5.41) is 4.76. The molecule has 0 aliphatic carbocycles. The monoisotopic (exact) mass is 465 g/mol. The number of ether oxygens (including phenoxy) is 3. The van der Waals surface area contributed by atoms with Gasteiger partial charge in [-0.15, -0.1) is 11.3 Å². The van der Waals surface area contributed by atoms with Crippen molar-refractivity contribution in [2.24, 2.45) is 0 Å². The Bertz CT molecular complexity index is 1140. The van der Waals surface area contributed by atoms with E-state index < -0.39 is 24.5 Å². The van der Waals surface area contributed by atoms with Crippen LogP contribution in [0.4, 0.5) is 5.00 Å². The molecule has 0 saturated carbocycles. The Hall–Kier alpha value is -3.91. The highest BCUT2D eigenvalue weighted by molar-refractivity contribution is 7.15. The number of esters is 2. The number of anilines is 1. The zero-order chi connectivity index (χ0) is 23.6. The molecule has 33 heavy (non-hydrogen) atoms. The van der Waals surface area contributed by atoms with Gasteiger partial charge in [-0.25, -0.2) is 9.59 Å². The molecule has 0 radical (unpaired) electrons. The van der Waals surface area contributed by atoms with Gasteiger partial charge < -0.3 is 19.5 Å². The zero-order valence-corrected chi connectivity index (χ0v) is 19.0. The molecule has 0 spiro atoms. The Labute approximate surface area is 195 Å². The van der Waals surface area contributed by atoms with Crippen LogP contribution in [-0.2, 0) is 19.1 Å². The molecule has 0 aliphatic rings. The lowest BCUT2D eigenvalue weighted by molar-refractivity contribution is -0.142. The molecule has 1 N–H and O–H groups in total. The molecular weight excluding hydrogens is 442 g/mol. The summed E-state index contributed by atoms with van der Waals surface area (Å²) in [6, 6.07) is 16.4. The third kappa shape index (κ3) is 6.54. The first-order valence-electron chi connectivity index (χ1n) is 10.1. The van der Waals surface area contributed by atoms with Crippen LogP contribution in [0.1, 0.15) is 22.8 Å². The third-order valence-corrected chi connectivity index (χ3v) is 5.38. The summed E-state index contributed by atoms with van der Waals surface area (Å²) in [5.41, 5.74) is 2.54. The smallest absolute Gasteiger partial charge is 0.341 e. The van der Waals surface area contributed by atoms with Crippen molar-refractivity contribution < 1.29 is 28.6 Å². The Kier molecular flexibility index (Phi) is 8.37. The van der Waals surface area contributed by atoms with Crippen LogP contribution in [0.5, 0.6) is 5.75 Å². The van der Waals surface area contributed by atoms with E-state index in [0.29, 0.717) is 16.3 Å². The van der Waals surface area contributed by atoms with E-state index >= 15 is 0 Å². The normalized spacial score (nSPS) is 10.6. The lowest BCUT2D eigenvalue weighted by atomic mass is 10.0. The van der Waals surface area contributed by atoms with Crippen molar-refractivity contribution >= 4 is 40.3 Å². The van der Waals surface area contributed by atoms with Gasteiger partial charge in [-0.2, -0.15) is 0 Å². The fourth-order valence-electron chi connectivity index (χ4n) is 2.91. The Morgan fingerprint density at radius 1 is 1.00 bits per heavy atom. The minimum absolute atomic E-state index is 0.203. The van der Waals surface area contributed by atoms with E-state index in [1.807, 2.05) is 30.3 Å². The number of nitrogens with one attached hydrogen (secondary N) is 1. The standard InChI is InChI=1S/C25H23NO6S/c1-3-31-25(29)23-20(18-7-5-4-6-8-18)16-33-24(23)26-21(27)15-32-22(28)14-11-17-9-12-19(30-2)13-10-17/h4-14,16H,3,15H2,1-2H3,(H,26,27)/b14-11+. The molecule has 3 rings (SSSR count). The predicted molar refractivity (Wildman–Crippen MR) is 127 cm³/mol. The van der Waals surface area contributed by atoms with E-state index in [0.717, 1.165) is 11.1 Å². The second-order valence-corrected chi connectivity index (χ2v) is 7.58. The van der Waals surface area contributed by atoms with Gasteiger partial charge in [0.1, 0.15) is 16.3 Å². The second-order valence-electron chi connectivity index (χ2n) is 6.70. The number of hydrogen-bond acceptors (Lipinski definition) is 7. The molecule has 0 saturated heterocycles. The summed E-state index contributed by atoms with van der Waals surface area (Å²) in [7, 11) is 1.57. The molecule has 0 fully saturated rings. The van der Waals surface area contributed by atoms with Crippen LogP contribution in [0.25, 0.3) is 17.2 Å². The molecule has 0 aliphatic heterocycles. The van der Waals surface area contributed by atoms with Crippen molar-refractivity contribution in [3.8, 4) is 16.9 Å². The summed E-state index contributed by atoms with van der Waals surface area (Å²) in [4.78, 5) is 36.9. The molecule has 170 valence electrons. The predicted octanol–water partition coefficient (Wildman–Crippen LogP) is 4.80. The van der Waals surface area contributed by atoms with E-state index in [2.05, 4.69) is 5.32 Å². The largest absolute Gasteiger partial charge is 0.497 e. The first-order chi connectivity index (χ1) is 16.0. The zero-order valence-electron chi connectivity index (χ0n) is 18.2. The number of carbonyl (C=O) groups is 3. The summed E-state index contributed by atoms with van der Waals surface area (Å²) in [5.74, 6) is -1.05. The summed E-state index contributed by atoms with van der Waals surface area (Å²) < 4.78 is 15.3. The van der Waals surface area contributed by atoms with E-state index in [1.165, 1.54) is 17.4 Å². The fraction of sp³-hybridized carbons (Fsp3) is 0.160. The first-order valence-corrected chi connectivity index (χ1v) is 11.0. The van der Waals surface area contributed by atoms with E-state index in [1.54, 1.807) is 49.8 Å². The fourth-order valence-corrected chi connectivity index (χ4v) is 3.89. The van der Waals surface area contributed by atoms with Crippen molar-refractivity contribution in [2.45, 2.75) is 6.92 Å². The summed E-state index contributed by atoms with van der Waals surface area (Å²) in [6.45, 7) is 1.42. The maximum atomic E-state index is 12.6.